The number of aromatic amines is 1. The first-order chi connectivity index (χ1) is 12.6. The first kappa shape index (κ1) is 18.5. The maximum Gasteiger partial charge on any atom is 0.328 e. The van der Waals surface area contributed by atoms with E-state index in [0.29, 0.717) is 12.1 Å². The van der Waals surface area contributed by atoms with Gasteiger partial charge in [-0.25, -0.2) is 4.79 Å². The van der Waals surface area contributed by atoms with Crippen LogP contribution >= 0.6 is 0 Å². The molecule has 0 radical (unpaired) electrons. The third kappa shape index (κ3) is 5.12. The average molecular weight is 357 g/mol. The normalized spacial score (nSPS) is 16.0. The molecule has 26 heavy (non-hydrogen) atoms. The molecule has 0 spiro atoms. The van der Waals surface area contributed by atoms with Gasteiger partial charge in [0.2, 0.25) is 0 Å². The van der Waals surface area contributed by atoms with Crippen LogP contribution in [0.4, 0.5) is 0 Å². The molecule has 0 aromatic carbocycles. The molecule has 7 heteroatoms. The monoisotopic (exact) mass is 357 g/mol. The van der Waals surface area contributed by atoms with Gasteiger partial charge in [-0.15, -0.1) is 0 Å². The lowest BCUT2D eigenvalue weighted by atomic mass is 10.2. The lowest BCUT2D eigenvalue weighted by molar-refractivity contribution is 0.124. The molecular weight excluding hydrogens is 330 g/mol. The van der Waals surface area contributed by atoms with Gasteiger partial charge in [0.1, 0.15) is 0 Å². The molecule has 0 aliphatic carbocycles. The predicted octanol–water partition coefficient (Wildman–Crippen LogP) is 0.838. The second kappa shape index (κ2) is 8.91. The second-order valence-electron chi connectivity index (χ2n) is 6.91. The first-order valence-electron chi connectivity index (χ1n) is 9.27. The Kier molecular flexibility index (Phi) is 6.35. The van der Waals surface area contributed by atoms with E-state index in [2.05, 4.69) is 25.8 Å². The Labute approximate surface area is 153 Å². The smallest absolute Gasteiger partial charge is 0.301 e. The molecule has 7 nitrogen and oxygen atoms in total. The minimum Gasteiger partial charge on any atom is -0.301 e. The number of pyridine rings is 1. The zero-order chi connectivity index (χ0) is 18.4. The number of aromatic nitrogens is 3. The number of hydrogen-bond donors (Lipinski definition) is 1. The highest BCUT2D eigenvalue weighted by Crippen LogP contribution is 2.07. The molecule has 3 rings (SSSR count). The van der Waals surface area contributed by atoms with Crippen molar-refractivity contribution >= 4 is 0 Å². The van der Waals surface area contributed by atoms with E-state index in [1.165, 1.54) is 0 Å². The molecule has 1 saturated heterocycles. The van der Waals surface area contributed by atoms with Crippen LogP contribution in [0.15, 0.2) is 40.2 Å². The summed E-state index contributed by atoms with van der Waals surface area (Å²) in [7, 11) is 0. The molecule has 140 valence electrons. The summed E-state index contributed by atoms with van der Waals surface area (Å²) >= 11 is 0. The summed E-state index contributed by atoms with van der Waals surface area (Å²) in [5.41, 5.74) is 1.09. The molecule has 1 aliphatic heterocycles. The van der Waals surface area contributed by atoms with Crippen molar-refractivity contribution in [1.29, 1.82) is 0 Å². The van der Waals surface area contributed by atoms with Crippen LogP contribution in [0.3, 0.4) is 0 Å². The quantitative estimate of drug-likeness (QED) is 0.743. The summed E-state index contributed by atoms with van der Waals surface area (Å²) in [6.07, 6.45) is 5.47. The van der Waals surface area contributed by atoms with Gasteiger partial charge in [0.05, 0.1) is 5.69 Å². The van der Waals surface area contributed by atoms with E-state index in [0.717, 1.165) is 57.8 Å². The van der Waals surface area contributed by atoms with Gasteiger partial charge in [-0.3, -0.25) is 19.7 Å². The van der Waals surface area contributed by atoms with Crippen LogP contribution in [0.2, 0.25) is 0 Å². The molecule has 0 amide bonds. The van der Waals surface area contributed by atoms with Crippen molar-refractivity contribution in [2.75, 3.05) is 32.7 Å². The van der Waals surface area contributed by atoms with E-state index >= 15 is 0 Å². The highest BCUT2D eigenvalue weighted by atomic mass is 16.2. The average Bonchev–Trinajstić information content (AvgIpc) is 2.65. The van der Waals surface area contributed by atoms with Gasteiger partial charge >= 0.3 is 5.69 Å². The van der Waals surface area contributed by atoms with E-state index in [1.807, 2.05) is 18.3 Å². The van der Waals surface area contributed by atoms with E-state index < -0.39 is 0 Å². The van der Waals surface area contributed by atoms with E-state index in [9.17, 15) is 9.59 Å². The lowest BCUT2D eigenvalue weighted by Gasteiger charge is -2.34. The lowest BCUT2D eigenvalue weighted by Crippen LogP contribution is -2.46. The Balaban J connectivity index is 1.36. The van der Waals surface area contributed by atoms with Crippen molar-refractivity contribution in [2.45, 2.75) is 32.9 Å². The maximum atomic E-state index is 11.8. The second-order valence-corrected chi connectivity index (χ2v) is 6.91. The number of nitrogens with one attached hydrogen (secondary N) is 1. The molecule has 0 atom stereocenters. The predicted molar refractivity (Wildman–Crippen MR) is 101 cm³/mol. The summed E-state index contributed by atoms with van der Waals surface area (Å²) in [6.45, 7) is 8.62. The highest BCUT2D eigenvalue weighted by molar-refractivity contribution is 5.03. The third-order valence-electron chi connectivity index (χ3n) is 4.89. The summed E-state index contributed by atoms with van der Waals surface area (Å²) in [4.78, 5) is 34.8. The van der Waals surface area contributed by atoms with Crippen molar-refractivity contribution < 1.29 is 0 Å². The summed E-state index contributed by atoms with van der Waals surface area (Å²) < 4.78 is 1.60. The Morgan fingerprint density at radius 3 is 2.50 bits per heavy atom. The molecule has 2 aromatic heterocycles. The van der Waals surface area contributed by atoms with Crippen LogP contribution in [0.1, 0.15) is 24.1 Å². The minimum absolute atomic E-state index is 0.296. The standard InChI is InChI=1S/C19H27N5O2/c1-16-14-24(19(26)21-18(16)25)9-5-4-8-22-10-12-23(13-11-22)15-17-6-2-3-7-20-17/h2-3,6-7,14H,4-5,8-13,15H2,1H3,(H,21,25,26). The van der Waals surface area contributed by atoms with Crippen molar-refractivity contribution in [1.82, 2.24) is 24.3 Å². The number of aryl methyl sites for hydroxylation is 2. The van der Waals surface area contributed by atoms with Crippen LogP contribution in [0, 0.1) is 6.92 Å². The zero-order valence-corrected chi connectivity index (χ0v) is 15.4. The number of unbranched alkanes of at least 4 members (excludes halogenated alkanes) is 1. The number of hydrogen-bond acceptors (Lipinski definition) is 5. The fourth-order valence-electron chi connectivity index (χ4n) is 3.29. The van der Waals surface area contributed by atoms with Gasteiger partial charge in [0.25, 0.3) is 5.56 Å². The van der Waals surface area contributed by atoms with Crippen molar-refractivity contribution in [3.8, 4) is 0 Å². The maximum absolute atomic E-state index is 11.8. The van der Waals surface area contributed by atoms with Gasteiger partial charge in [-0.05, 0) is 38.4 Å². The van der Waals surface area contributed by atoms with Crippen molar-refractivity contribution in [3.05, 3.63) is 62.7 Å². The van der Waals surface area contributed by atoms with Crippen LogP contribution in [0.25, 0.3) is 0 Å². The zero-order valence-electron chi connectivity index (χ0n) is 15.4. The topological polar surface area (TPSA) is 74.2 Å². The molecule has 0 bridgehead atoms. The summed E-state index contributed by atoms with van der Waals surface area (Å²) in [5, 5.41) is 0. The molecule has 3 heterocycles. The van der Waals surface area contributed by atoms with E-state index in [-0.39, 0.29) is 11.2 Å². The van der Waals surface area contributed by atoms with Crippen molar-refractivity contribution in [3.63, 3.8) is 0 Å². The molecular formula is C19H27N5O2. The molecule has 2 aromatic rings. The fourth-order valence-corrected chi connectivity index (χ4v) is 3.29. The van der Waals surface area contributed by atoms with Gasteiger partial charge in [-0.1, -0.05) is 6.07 Å². The SMILES string of the molecule is Cc1cn(CCCCN2CCN(Cc3ccccn3)CC2)c(=O)[nH]c1=O. The molecule has 1 aliphatic rings. The Morgan fingerprint density at radius 1 is 1.04 bits per heavy atom. The summed E-state index contributed by atoms with van der Waals surface area (Å²) in [6, 6.07) is 6.06. The molecule has 0 saturated carbocycles. The van der Waals surface area contributed by atoms with Crippen LogP contribution < -0.4 is 11.2 Å². The largest absolute Gasteiger partial charge is 0.328 e. The number of H-pyrrole nitrogens is 1. The van der Waals surface area contributed by atoms with Crippen LogP contribution in [0.5, 0.6) is 0 Å². The fraction of sp³-hybridized carbons (Fsp3) is 0.526. The van der Waals surface area contributed by atoms with Gasteiger partial charge in [-0.2, -0.15) is 0 Å². The van der Waals surface area contributed by atoms with Gasteiger partial charge in [0, 0.05) is 57.2 Å². The first-order valence-corrected chi connectivity index (χ1v) is 9.27. The Bertz CT molecular complexity index is 807. The summed E-state index contributed by atoms with van der Waals surface area (Å²) in [5.74, 6) is 0. The van der Waals surface area contributed by atoms with Crippen LogP contribution in [-0.2, 0) is 13.1 Å². The van der Waals surface area contributed by atoms with Gasteiger partial charge < -0.3 is 9.47 Å². The third-order valence-corrected chi connectivity index (χ3v) is 4.89. The minimum atomic E-state index is -0.316. The van der Waals surface area contributed by atoms with Gasteiger partial charge in [0.15, 0.2) is 0 Å². The van der Waals surface area contributed by atoms with Crippen LogP contribution in [-0.4, -0.2) is 57.1 Å². The highest BCUT2D eigenvalue weighted by Gasteiger charge is 2.16. The Hall–Kier alpha value is -2.25. The Morgan fingerprint density at radius 2 is 1.77 bits per heavy atom. The van der Waals surface area contributed by atoms with E-state index in [4.69, 9.17) is 0 Å². The molecule has 1 N–H and O–H groups in total. The van der Waals surface area contributed by atoms with Crippen molar-refractivity contribution in [2.24, 2.45) is 0 Å². The molecule has 0 unspecified atom stereocenters. The number of nitrogens with zero attached hydrogens (tertiary/aromatic N) is 4. The molecule has 1 fully saturated rings. The number of rotatable bonds is 7. The van der Waals surface area contributed by atoms with E-state index in [1.54, 1.807) is 17.7 Å². The number of piperazine rings is 1.